The van der Waals surface area contributed by atoms with E-state index >= 15 is 0 Å². The Morgan fingerprint density at radius 2 is 2.38 bits per heavy atom. The van der Waals surface area contributed by atoms with Crippen molar-refractivity contribution in [1.82, 2.24) is 0 Å². The molecule has 0 saturated heterocycles. The van der Waals surface area contributed by atoms with Crippen molar-refractivity contribution in [2.45, 2.75) is 26.3 Å². The van der Waals surface area contributed by atoms with Gasteiger partial charge in [-0.25, -0.2) is 0 Å². The van der Waals surface area contributed by atoms with Crippen molar-refractivity contribution in [2.24, 2.45) is 16.6 Å². The van der Waals surface area contributed by atoms with Crippen molar-refractivity contribution < 1.29 is 0 Å². The van der Waals surface area contributed by atoms with Gasteiger partial charge in [-0.05, 0) is 31.9 Å². The quantitative estimate of drug-likeness (QED) is 0.582. The van der Waals surface area contributed by atoms with E-state index in [9.17, 15) is 0 Å². The number of nitrogens with zero attached hydrogens (tertiary/aromatic N) is 1. The summed E-state index contributed by atoms with van der Waals surface area (Å²) in [5.74, 6) is 1.45. The van der Waals surface area contributed by atoms with Crippen molar-refractivity contribution in [3.8, 4) is 0 Å². The summed E-state index contributed by atoms with van der Waals surface area (Å²) in [4.78, 5) is 7.02. The molecule has 0 spiro atoms. The Morgan fingerprint density at radius 3 is 2.92 bits per heavy atom. The van der Waals surface area contributed by atoms with E-state index in [4.69, 9.17) is 5.73 Å². The van der Waals surface area contributed by atoms with Gasteiger partial charge < -0.3 is 5.73 Å². The third kappa shape index (κ3) is 2.31. The summed E-state index contributed by atoms with van der Waals surface area (Å²) in [6.45, 7) is 2.88. The average Bonchev–Trinajstić information content (AvgIpc) is 2.87. The van der Waals surface area contributed by atoms with Crippen LogP contribution in [0.5, 0.6) is 0 Å². The molecule has 0 aromatic carbocycles. The van der Waals surface area contributed by atoms with E-state index in [-0.39, 0.29) is 0 Å². The van der Waals surface area contributed by atoms with Crippen LogP contribution in [-0.4, -0.2) is 5.84 Å². The summed E-state index contributed by atoms with van der Waals surface area (Å²) < 4.78 is 0. The molecule has 2 N–H and O–H groups in total. The van der Waals surface area contributed by atoms with Gasteiger partial charge in [-0.2, -0.15) is 0 Å². The molecule has 0 aliphatic heterocycles. The minimum atomic E-state index is 0.598. The van der Waals surface area contributed by atoms with Gasteiger partial charge in [-0.15, -0.1) is 11.3 Å². The van der Waals surface area contributed by atoms with Crippen molar-refractivity contribution >= 4 is 17.2 Å². The van der Waals surface area contributed by atoms with Crippen LogP contribution in [0, 0.1) is 12.8 Å². The molecule has 0 atom stereocenters. The molecular weight excluding hydrogens is 180 g/mol. The topological polar surface area (TPSA) is 38.4 Å². The molecule has 1 saturated carbocycles. The summed E-state index contributed by atoms with van der Waals surface area (Å²) in [6, 6.07) is 4.26. The lowest BCUT2D eigenvalue weighted by atomic mass is 10.4. The lowest BCUT2D eigenvalue weighted by molar-refractivity contribution is 1.04. The Kier molecular flexibility index (Phi) is 2.36. The smallest absolute Gasteiger partial charge is 0.0972 e. The molecule has 1 heterocycles. The zero-order chi connectivity index (χ0) is 9.26. The van der Waals surface area contributed by atoms with Gasteiger partial charge in [0.2, 0.25) is 0 Å². The van der Waals surface area contributed by atoms with E-state index in [1.807, 2.05) is 0 Å². The number of hydrogen-bond acceptors (Lipinski definition) is 2. The van der Waals surface area contributed by atoms with E-state index in [0.29, 0.717) is 5.92 Å². The predicted octanol–water partition coefficient (Wildman–Crippen LogP) is 2.32. The zero-order valence-electron chi connectivity index (χ0n) is 7.79. The minimum Gasteiger partial charge on any atom is -0.387 e. The number of thiophene rings is 1. The minimum absolute atomic E-state index is 0.598. The molecule has 0 radical (unpaired) electrons. The molecule has 1 aliphatic carbocycles. The molecule has 1 aromatic rings. The van der Waals surface area contributed by atoms with Crippen molar-refractivity contribution in [3.63, 3.8) is 0 Å². The number of aryl methyl sites for hydroxylation is 1. The van der Waals surface area contributed by atoms with Crippen LogP contribution in [0.1, 0.15) is 22.6 Å². The Morgan fingerprint density at radius 1 is 1.62 bits per heavy atom. The number of nitrogens with two attached hydrogens (primary N) is 1. The summed E-state index contributed by atoms with van der Waals surface area (Å²) >= 11 is 1.80. The molecule has 0 bridgehead atoms. The highest BCUT2D eigenvalue weighted by Gasteiger charge is 2.25. The fraction of sp³-hybridized carbons (Fsp3) is 0.500. The van der Waals surface area contributed by atoms with Crippen molar-refractivity contribution in [2.75, 3.05) is 0 Å². The molecule has 2 rings (SSSR count). The largest absolute Gasteiger partial charge is 0.387 e. The second kappa shape index (κ2) is 3.50. The SMILES string of the molecule is Cc1ccc(CN=C(N)C2CC2)s1. The lowest BCUT2D eigenvalue weighted by Gasteiger charge is -1.95. The Labute approximate surface area is 82.5 Å². The third-order valence-electron chi connectivity index (χ3n) is 2.21. The van der Waals surface area contributed by atoms with E-state index in [1.54, 1.807) is 11.3 Å². The normalized spacial score (nSPS) is 17.8. The van der Waals surface area contributed by atoms with E-state index in [2.05, 4.69) is 24.0 Å². The molecule has 70 valence electrons. The van der Waals surface area contributed by atoms with Crippen LogP contribution in [0.25, 0.3) is 0 Å². The van der Waals surface area contributed by atoms with Crippen LogP contribution in [0.2, 0.25) is 0 Å². The van der Waals surface area contributed by atoms with Crippen LogP contribution in [-0.2, 0) is 6.54 Å². The second-order valence-electron chi connectivity index (χ2n) is 3.53. The summed E-state index contributed by atoms with van der Waals surface area (Å²) in [7, 11) is 0. The maximum Gasteiger partial charge on any atom is 0.0972 e. The highest BCUT2D eigenvalue weighted by Crippen LogP contribution is 2.29. The summed E-state index contributed by atoms with van der Waals surface area (Å²) in [5, 5.41) is 0. The van der Waals surface area contributed by atoms with Crippen LogP contribution in [0.4, 0.5) is 0 Å². The number of amidine groups is 1. The van der Waals surface area contributed by atoms with Gasteiger partial charge >= 0.3 is 0 Å². The third-order valence-corrected chi connectivity index (χ3v) is 3.19. The monoisotopic (exact) mass is 194 g/mol. The van der Waals surface area contributed by atoms with E-state index in [1.165, 1.54) is 22.6 Å². The van der Waals surface area contributed by atoms with Crippen LogP contribution >= 0.6 is 11.3 Å². The average molecular weight is 194 g/mol. The standard InChI is InChI=1S/C10H14N2S/c1-7-2-5-9(13-7)6-12-10(11)8-3-4-8/h2,5,8H,3-4,6H2,1H3,(H2,11,12). The first-order valence-corrected chi connectivity index (χ1v) is 5.42. The lowest BCUT2D eigenvalue weighted by Crippen LogP contribution is -2.13. The van der Waals surface area contributed by atoms with Gasteiger partial charge in [0.05, 0.1) is 12.4 Å². The van der Waals surface area contributed by atoms with Gasteiger partial charge in [0.15, 0.2) is 0 Å². The van der Waals surface area contributed by atoms with Crippen molar-refractivity contribution in [3.05, 3.63) is 21.9 Å². The van der Waals surface area contributed by atoms with Gasteiger partial charge in [0, 0.05) is 15.7 Å². The molecule has 0 unspecified atom stereocenters. The van der Waals surface area contributed by atoms with Gasteiger partial charge in [0.1, 0.15) is 0 Å². The Hall–Kier alpha value is -0.830. The van der Waals surface area contributed by atoms with E-state index < -0.39 is 0 Å². The number of aliphatic imine (C=N–C) groups is 1. The number of hydrogen-bond donors (Lipinski definition) is 1. The fourth-order valence-electron chi connectivity index (χ4n) is 1.25. The summed E-state index contributed by atoms with van der Waals surface area (Å²) in [6.07, 6.45) is 2.47. The highest BCUT2D eigenvalue weighted by molar-refractivity contribution is 7.11. The number of rotatable bonds is 3. The molecule has 2 nitrogen and oxygen atoms in total. The van der Waals surface area contributed by atoms with Gasteiger partial charge in [-0.1, -0.05) is 0 Å². The highest BCUT2D eigenvalue weighted by atomic mass is 32.1. The van der Waals surface area contributed by atoms with E-state index in [0.717, 1.165) is 12.4 Å². The molecular formula is C10H14N2S. The van der Waals surface area contributed by atoms with Crippen LogP contribution < -0.4 is 5.73 Å². The summed E-state index contributed by atoms with van der Waals surface area (Å²) in [5.41, 5.74) is 5.79. The molecule has 1 fully saturated rings. The van der Waals surface area contributed by atoms with Crippen LogP contribution in [0.15, 0.2) is 17.1 Å². The molecule has 3 heteroatoms. The maximum absolute atomic E-state index is 5.79. The molecule has 1 aliphatic rings. The van der Waals surface area contributed by atoms with Gasteiger partial charge in [0.25, 0.3) is 0 Å². The molecule has 0 amide bonds. The second-order valence-corrected chi connectivity index (χ2v) is 4.90. The Bertz CT molecular complexity index is 323. The predicted molar refractivity (Wildman–Crippen MR) is 57.1 cm³/mol. The first kappa shape index (κ1) is 8.75. The first-order valence-electron chi connectivity index (χ1n) is 4.61. The van der Waals surface area contributed by atoms with Crippen LogP contribution in [0.3, 0.4) is 0 Å². The zero-order valence-corrected chi connectivity index (χ0v) is 8.60. The molecule has 1 aromatic heterocycles. The Balaban J connectivity index is 1.94. The van der Waals surface area contributed by atoms with Gasteiger partial charge in [-0.3, -0.25) is 4.99 Å². The first-order chi connectivity index (χ1) is 6.25. The fourth-order valence-corrected chi connectivity index (χ4v) is 2.06. The maximum atomic E-state index is 5.79. The molecule has 13 heavy (non-hydrogen) atoms. The van der Waals surface area contributed by atoms with Crippen molar-refractivity contribution in [1.29, 1.82) is 0 Å².